The Morgan fingerprint density at radius 1 is 1.25 bits per heavy atom. The van der Waals surface area contributed by atoms with Crippen LogP contribution in [0.15, 0.2) is 24.3 Å². The second-order valence-corrected chi connectivity index (χ2v) is 5.52. The number of urea groups is 1. The molecule has 2 heterocycles. The van der Waals surface area contributed by atoms with E-state index in [0.29, 0.717) is 16.8 Å². The number of nitrogens with one attached hydrogen (secondary N) is 1. The summed E-state index contributed by atoms with van der Waals surface area (Å²) < 4.78 is 5.34. The first-order valence-corrected chi connectivity index (χ1v) is 7.24. The van der Waals surface area contributed by atoms with Crippen molar-refractivity contribution in [3.63, 3.8) is 0 Å². The molecule has 2 fully saturated rings. The van der Waals surface area contributed by atoms with Gasteiger partial charge in [0.1, 0.15) is 0 Å². The second kappa shape index (κ2) is 5.99. The molecule has 1 aromatic rings. The lowest BCUT2D eigenvalue weighted by Crippen LogP contribution is -2.63. The topological polar surface area (TPSA) is 44.8 Å². The van der Waals surface area contributed by atoms with Crippen LogP contribution >= 0.6 is 11.6 Å². The molecule has 2 amide bonds. The minimum Gasteiger partial charge on any atom is -0.379 e. The number of anilines is 1. The molecule has 3 rings (SSSR count). The van der Waals surface area contributed by atoms with Gasteiger partial charge in [0.15, 0.2) is 0 Å². The lowest BCUT2D eigenvalue weighted by molar-refractivity contribution is -0.0189. The maximum absolute atomic E-state index is 12.1. The molecule has 5 nitrogen and oxygen atoms in total. The Balaban J connectivity index is 1.49. The Morgan fingerprint density at radius 3 is 2.65 bits per heavy atom. The number of benzene rings is 1. The van der Waals surface area contributed by atoms with E-state index in [1.807, 2.05) is 17.0 Å². The van der Waals surface area contributed by atoms with Crippen LogP contribution in [0.25, 0.3) is 0 Å². The molecule has 0 saturated carbocycles. The zero-order valence-electron chi connectivity index (χ0n) is 11.2. The summed E-state index contributed by atoms with van der Waals surface area (Å²) in [5.41, 5.74) is 0.661. The molecule has 0 aromatic heterocycles. The first-order valence-electron chi connectivity index (χ1n) is 6.86. The number of carbonyl (C=O) groups is 1. The van der Waals surface area contributed by atoms with E-state index in [0.717, 1.165) is 39.4 Å². The van der Waals surface area contributed by atoms with Crippen molar-refractivity contribution in [1.29, 1.82) is 0 Å². The number of hydrogen-bond acceptors (Lipinski definition) is 3. The van der Waals surface area contributed by atoms with Gasteiger partial charge in [-0.3, -0.25) is 4.90 Å². The van der Waals surface area contributed by atoms with Crippen LogP contribution in [-0.4, -0.2) is 61.3 Å². The van der Waals surface area contributed by atoms with Gasteiger partial charge in [0.2, 0.25) is 0 Å². The third kappa shape index (κ3) is 2.90. The van der Waals surface area contributed by atoms with Gasteiger partial charge in [0, 0.05) is 32.2 Å². The first-order chi connectivity index (χ1) is 9.74. The van der Waals surface area contributed by atoms with E-state index in [1.54, 1.807) is 12.1 Å². The van der Waals surface area contributed by atoms with Crippen LogP contribution in [0.4, 0.5) is 10.5 Å². The summed E-state index contributed by atoms with van der Waals surface area (Å²) in [5, 5.41) is 3.41. The van der Waals surface area contributed by atoms with Crippen LogP contribution in [-0.2, 0) is 4.74 Å². The van der Waals surface area contributed by atoms with Gasteiger partial charge < -0.3 is 15.0 Å². The predicted molar refractivity (Wildman–Crippen MR) is 78.2 cm³/mol. The van der Waals surface area contributed by atoms with Gasteiger partial charge in [0.25, 0.3) is 0 Å². The third-order valence-electron chi connectivity index (χ3n) is 3.83. The fourth-order valence-corrected chi connectivity index (χ4v) is 2.73. The quantitative estimate of drug-likeness (QED) is 0.906. The standard InChI is InChI=1S/C14H18ClN3O2/c15-12-3-1-2-4-13(12)16-14(19)18-9-11(10-18)17-5-7-20-8-6-17/h1-4,11H,5-10H2,(H,16,19). The summed E-state index contributed by atoms with van der Waals surface area (Å²) in [6, 6.07) is 7.66. The molecule has 2 aliphatic heterocycles. The summed E-state index contributed by atoms with van der Waals surface area (Å²) in [5.74, 6) is 0. The average molecular weight is 296 g/mol. The zero-order valence-corrected chi connectivity index (χ0v) is 12.0. The number of morpholine rings is 1. The molecule has 108 valence electrons. The molecule has 0 unspecified atom stereocenters. The molecule has 1 N–H and O–H groups in total. The normalized spacial score (nSPS) is 20.6. The van der Waals surface area contributed by atoms with Crippen molar-refractivity contribution in [2.45, 2.75) is 6.04 Å². The van der Waals surface area contributed by atoms with Crippen LogP contribution in [0.3, 0.4) is 0 Å². The molecule has 0 aliphatic carbocycles. The van der Waals surface area contributed by atoms with Crippen LogP contribution < -0.4 is 5.32 Å². The van der Waals surface area contributed by atoms with E-state index in [4.69, 9.17) is 16.3 Å². The molecule has 0 bridgehead atoms. The number of halogens is 1. The monoisotopic (exact) mass is 295 g/mol. The van der Waals surface area contributed by atoms with E-state index >= 15 is 0 Å². The maximum atomic E-state index is 12.1. The molecule has 1 aromatic carbocycles. The molecule has 2 saturated heterocycles. The summed E-state index contributed by atoms with van der Waals surface area (Å²) in [6.45, 7) is 5.06. The van der Waals surface area contributed by atoms with Crippen molar-refractivity contribution in [3.8, 4) is 0 Å². The van der Waals surface area contributed by atoms with Crippen LogP contribution in [0.5, 0.6) is 0 Å². The lowest BCUT2D eigenvalue weighted by Gasteiger charge is -2.46. The molecule has 20 heavy (non-hydrogen) atoms. The van der Waals surface area contributed by atoms with E-state index in [2.05, 4.69) is 10.2 Å². The number of nitrogens with zero attached hydrogens (tertiary/aromatic N) is 2. The van der Waals surface area contributed by atoms with Crippen molar-refractivity contribution in [3.05, 3.63) is 29.3 Å². The van der Waals surface area contributed by atoms with Crippen molar-refractivity contribution in [1.82, 2.24) is 9.80 Å². The van der Waals surface area contributed by atoms with Gasteiger partial charge in [-0.2, -0.15) is 0 Å². The largest absolute Gasteiger partial charge is 0.379 e. The number of likely N-dealkylation sites (tertiary alicyclic amines) is 1. The highest BCUT2D eigenvalue weighted by atomic mass is 35.5. The Morgan fingerprint density at radius 2 is 1.95 bits per heavy atom. The van der Waals surface area contributed by atoms with Crippen molar-refractivity contribution in [2.75, 3.05) is 44.7 Å². The highest BCUT2D eigenvalue weighted by molar-refractivity contribution is 6.33. The highest BCUT2D eigenvalue weighted by Crippen LogP contribution is 2.22. The van der Waals surface area contributed by atoms with E-state index < -0.39 is 0 Å². The molecular weight excluding hydrogens is 278 g/mol. The van der Waals surface area contributed by atoms with Crippen LogP contribution in [0.1, 0.15) is 0 Å². The summed E-state index contributed by atoms with van der Waals surface area (Å²) in [6.07, 6.45) is 0. The molecule has 0 radical (unpaired) electrons. The zero-order chi connectivity index (χ0) is 13.9. The number of hydrogen-bond donors (Lipinski definition) is 1. The summed E-state index contributed by atoms with van der Waals surface area (Å²) in [7, 11) is 0. The lowest BCUT2D eigenvalue weighted by atomic mass is 10.1. The number of ether oxygens (including phenoxy) is 1. The van der Waals surface area contributed by atoms with Gasteiger partial charge in [-0.25, -0.2) is 4.79 Å². The number of para-hydroxylation sites is 1. The Kier molecular flexibility index (Phi) is 4.10. The van der Waals surface area contributed by atoms with Crippen LogP contribution in [0.2, 0.25) is 5.02 Å². The van der Waals surface area contributed by atoms with Crippen LogP contribution in [0, 0.1) is 0 Å². The number of amides is 2. The molecule has 6 heteroatoms. The fraction of sp³-hybridized carbons (Fsp3) is 0.500. The Hall–Kier alpha value is -1.30. The van der Waals surface area contributed by atoms with Gasteiger partial charge in [0.05, 0.1) is 23.9 Å². The van der Waals surface area contributed by atoms with Crippen molar-refractivity contribution < 1.29 is 9.53 Å². The minimum absolute atomic E-state index is 0.0809. The SMILES string of the molecule is O=C(Nc1ccccc1Cl)N1CC(N2CCOCC2)C1. The Labute approximate surface area is 123 Å². The third-order valence-corrected chi connectivity index (χ3v) is 4.16. The summed E-state index contributed by atoms with van der Waals surface area (Å²) in [4.78, 5) is 16.3. The van der Waals surface area contributed by atoms with E-state index in [1.165, 1.54) is 0 Å². The van der Waals surface area contributed by atoms with E-state index in [-0.39, 0.29) is 6.03 Å². The highest BCUT2D eigenvalue weighted by Gasteiger charge is 2.35. The smallest absolute Gasteiger partial charge is 0.321 e. The number of carbonyl (C=O) groups excluding carboxylic acids is 1. The molecule has 0 atom stereocenters. The summed E-state index contributed by atoms with van der Waals surface area (Å²) >= 11 is 6.03. The predicted octanol–water partition coefficient (Wildman–Crippen LogP) is 1.89. The average Bonchev–Trinajstić information content (AvgIpc) is 2.41. The first kappa shape index (κ1) is 13.7. The van der Waals surface area contributed by atoms with E-state index in [9.17, 15) is 4.79 Å². The van der Waals surface area contributed by atoms with Gasteiger partial charge >= 0.3 is 6.03 Å². The Bertz CT molecular complexity index is 485. The van der Waals surface area contributed by atoms with Gasteiger partial charge in [-0.05, 0) is 12.1 Å². The second-order valence-electron chi connectivity index (χ2n) is 5.12. The molecular formula is C14H18ClN3O2. The van der Waals surface area contributed by atoms with Gasteiger partial charge in [-0.1, -0.05) is 23.7 Å². The number of rotatable bonds is 2. The maximum Gasteiger partial charge on any atom is 0.321 e. The van der Waals surface area contributed by atoms with Crippen molar-refractivity contribution >= 4 is 23.3 Å². The van der Waals surface area contributed by atoms with Gasteiger partial charge in [-0.15, -0.1) is 0 Å². The van der Waals surface area contributed by atoms with Crippen molar-refractivity contribution in [2.24, 2.45) is 0 Å². The minimum atomic E-state index is -0.0809. The molecule has 0 spiro atoms. The molecule has 2 aliphatic rings. The fourth-order valence-electron chi connectivity index (χ4n) is 2.55.